The second-order valence-electron chi connectivity index (χ2n) is 5.04. The van der Waals surface area contributed by atoms with Gasteiger partial charge in [-0.3, -0.25) is 9.59 Å². The van der Waals surface area contributed by atoms with E-state index in [-0.39, 0.29) is 18.2 Å². The SMILES string of the molecule is O=C1C[C@H](C(=O)NCCc2cn[nH]n2)c2ccc(F)cc2N1. The normalized spacial score (nSPS) is 16.8. The molecule has 0 spiro atoms. The molecule has 3 N–H and O–H groups in total. The van der Waals surface area contributed by atoms with Crippen LogP contribution in [0.1, 0.15) is 23.6 Å². The number of fused-ring (bicyclic) bond motifs is 1. The summed E-state index contributed by atoms with van der Waals surface area (Å²) in [6, 6.07) is 4.04. The summed E-state index contributed by atoms with van der Waals surface area (Å²) in [5, 5.41) is 15.4. The molecule has 0 bridgehead atoms. The van der Waals surface area contributed by atoms with Gasteiger partial charge in [-0.25, -0.2) is 4.39 Å². The van der Waals surface area contributed by atoms with E-state index in [1.807, 2.05) is 0 Å². The molecule has 0 aliphatic carbocycles. The van der Waals surface area contributed by atoms with Gasteiger partial charge >= 0.3 is 0 Å². The van der Waals surface area contributed by atoms with E-state index in [4.69, 9.17) is 0 Å². The Bertz CT molecular complexity index is 701. The number of nitrogens with one attached hydrogen (secondary N) is 3. The fraction of sp³-hybridized carbons (Fsp3) is 0.286. The van der Waals surface area contributed by atoms with Gasteiger partial charge in [-0.2, -0.15) is 15.4 Å². The number of anilines is 1. The van der Waals surface area contributed by atoms with Crippen LogP contribution in [-0.4, -0.2) is 33.8 Å². The minimum absolute atomic E-state index is 0.0500. The first-order valence-electron chi connectivity index (χ1n) is 6.85. The van der Waals surface area contributed by atoms with Crippen LogP contribution in [0.15, 0.2) is 24.4 Å². The number of benzene rings is 1. The van der Waals surface area contributed by atoms with Gasteiger partial charge in [0.15, 0.2) is 0 Å². The fourth-order valence-corrected chi connectivity index (χ4v) is 2.45. The summed E-state index contributed by atoms with van der Waals surface area (Å²) in [6.07, 6.45) is 2.17. The number of nitrogens with zero attached hydrogens (tertiary/aromatic N) is 2. The molecular formula is C14H14FN5O2. The largest absolute Gasteiger partial charge is 0.355 e. The molecule has 7 nitrogen and oxygen atoms in total. The zero-order valence-corrected chi connectivity index (χ0v) is 11.6. The molecule has 8 heteroatoms. The molecule has 1 aliphatic rings. The Morgan fingerprint density at radius 1 is 1.45 bits per heavy atom. The van der Waals surface area contributed by atoms with Crippen molar-refractivity contribution in [3.8, 4) is 0 Å². The van der Waals surface area contributed by atoms with Gasteiger partial charge in [0, 0.05) is 25.1 Å². The molecule has 3 rings (SSSR count). The Kier molecular flexibility index (Phi) is 3.82. The highest BCUT2D eigenvalue weighted by Gasteiger charge is 2.30. The van der Waals surface area contributed by atoms with Gasteiger partial charge < -0.3 is 10.6 Å². The lowest BCUT2D eigenvalue weighted by Crippen LogP contribution is -2.36. The predicted molar refractivity (Wildman–Crippen MR) is 75.5 cm³/mol. The summed E-state index contributed by atoms with van der Waals surface area (Å²) in [6.45, 7) is 0.389. The van der Waals surface area contributed by atoms with Gasteiger partial charge in [-0.15, -0.1) is 0 Å². The van der Waals surface area contributed by atoms with Gasteiger partial charge in [0.2, 0.25) is 11.8 Å². The van der Waals surface area contributed by atoms with Gasteiger partial charge in [-0.1, -0.05) is 6.07 Å². The van der Waals surface area contributed by atoms with Crippen molar-refractivity contribution < 1.29 is 14.0 Å². The molecule has 0 unspecified atom stereocenters. The molecule has 0 saturated heterocycles. The molecule has 0 fully saturated rings. The molecule has 2 amide bonds. The second kappa shape index (κ2) is 5.92. The zero-order chi connectivity index (χ0) is 15.5. The van der Waals surface area contributed by atoms with E-state index in [9.17, 15) is 14.0 Å². The van der Waals surface area contributed by atoms with Crippen LogP contribution >= 0.6 is 0 Å². The number of hydrogen-bond donors (Lipinski definition) is 3. The third kappa shape index (κ3) is 2.95. The number of carbonyl (C=O) groups excluding carboxylic acids is 2. The van der Waals surface area contributed by atoms with Crippen LogP contribution in [0.5, 0.6) is 0 Å². The first-order chi connectivity index (χ1) is 10.6. The fourth-order valence-electron chi connectivity index (χ4n) is 2.45. The van der Waals surface area contributed by atoms with Crippen molar-refractivity contribution >= 4 is 17.5 Å². The molecule has 114 valence electrons. The third-order valence-corrected chi connectivity index (χ3v) is 3.52. The highest BCUT2D eigenvalue weighted by Crippen LogP contribution is 2.32. The van der Waals surface area contributed by atoms with Crippen LogP contribution in [0.25, 0.3) is 0 Å². The maximum absolute atomic E-state index is 13.2. The molecule has 0 saturated carbocycles. The van der Waals surface area contributed by atoms with Crippen molar-refractivity contribution in [2.24, 2.45) is 0 Å². The highest BCUT2D eigenvalue weighted by atomic mass is 19.1. The molecule has 1 aliphatic heterocycles. The first kappa shape index (κ1) is 14.2. The quantitative estimate of drug-likeness (QED) is 0.775. The number of rotatable bonds is 4. The van der Waals surface area contributed by atoms with Crippen molar-refractivity contribution in [1.82, 2.24) is 20.7 Å². The van der Waals surface area contributed by atoms with Crippen molar-refractivity contribution in [1.29, 1.82) is 0 Å². The summed E-state index contributed by atoms with van der Waals surface area (Å²) < 4.78 is 13.2. The van der Waals surface area contributed by atoms with E-state index in [2.05, 4.69) is 26.0 Å². The lowest BCUT2D eigenvalue weighted by Gasteiger charge is -2.24. The maximum atomic E-state index is 13.2. The molecule has 22 heavy (non-hydrogen) atoms. The molecular weight excluding hydrogens is 289 g/mol. The Morgan fingerprint density at radius 3 is 3.09 bits per heavy atom. The molecule has 1 aromatic carbocycles. The monoisotopic (exact) mass is 303 g/mol. The molecule has 0 radical (unpaired) electrons. The highest BCUT2D eigenvalue weighted by molar-refractivity contribution is 6.01. The minimum atomic E-state index is -0.610. The molecule has 2 aromatic rings. The van der Waals surface area contributed by atoms with Gasteiger partial charge in [0.1, 0.15) is 5.82 Å². The Hall–Kier alpha value is -2.77. The van der Waals surface area contributed by atoms with E-state index >= 15 is 0 Å². The van der Waals surface area contributed by atoms with Gasteiger partial charge in [-0.05, 0) is 17.7 Å². The van der Waals surface area contributed by atoms with Gasteiger partial charge in [0.05, 0.1) is 17.8 Å². The van der Waals surface area contributed by atoms with Crippen molar-refractivity contribution in [2.75, 3.05) is 11.9 Å². The summed E-state index contributed by atoms with van der Waals surface area (Å²) in [5.74, 6) is -1.62. The lowest BCUT2D eigenvalue weighted by atomic mass is 9.89. The van der Waals surface area contributed by atoms with Crippen molar-refractivity contribution in [3.63, 3.8) is 0 Å². The zero-order valence-electron chi connectivity index (χ0n) is 11.6. The summed E-state index contributed by atoms with van der Waals surface area (Å²) >= 11 is 0. The first-order valence-corrected chi connectivity index (χ1v) is 6.85. The topological polar surface area (TPSA) is 99.8 Å². The molecule has 1 aromatic heterocycles. The van der Waals surface area contributed by atoms with E-state index in [0.29, 0.717) is 24.2 Å². The van der Waals surface area contributed by atoms with Crippen molar-refractivity contribution in [2.45, 2.75) is 18.8 Å². The smallest absolute Gasteiger partial charge is 0.228 e. The third-order valence-electron chi connectivity index (χ3n) is 3.52. The number of halogens is 1. The number of aromatic amines is 1. The van der Waals surface area contributed by atoms with Crippen LogP contribution in [0.4, 0.5) is 10.1 Å². The average Bonchev–Trinajstić information content (AvgIpc) is 2.99. The van der Waals surface area contributed by atoms with Crippen LogP contribution < -0.4 is 10.6 Å². The van der Waals surface area contributed by atoms with Crippen LogP contribution in [-0.2, 0) is 16.0 Å². The molecule has 2 heterocycles. The Labute approximate surface area is 125 Å². The van der Waals surface area contributed by atoms with E-state index < -0.39 is 11.7 Å². The van der Waals surface area contributed by atoms with Crippen LogP contribution in [0.2, 0.25) is 0 Å². The predicted octanol–water partition coefficient (Wildman–Crippen LogP) is 0.728. The Morgan fingerprint density at radius 2 is 2.32 bits per heavy atom. The second-order valence-corrected chi connectivity index (χ2v) is 5.04. The number of hydrogen-bond acceptors (Lipinski definition) is 4. The molecule has 1 atom stereocenters. The standard InChI is InChI=1S/C14H14FN5O2/c15-8-1-2-10-11(6-13(21)18-12(10)5-8)14(22)16-4-3-9-7-17-20-19-9/h1-2,5,7,11H,3-4,6H2,(H,16,22)(H,18,21)(H,17,19,20)/t11-/m0/s1. The van der Waals surface area contributed by atoms with E-state index in [1.54, 1.807) is 6.20 Å². The van der Waals surface area contributed by atoms with Crippen molar-refractivity contribution in [3.05, 3.63) is 41.5 Å². The lowest BCUT2D eigenvalue weighted by molar-refractivity contribution is -0.126. The Balaban J connectivity index is 1.68. The number of aromatic nitrogens is 3. The number of carbonyl (C=O) groups is 2. The van der Waals surface area contributed by atoms with Gasteiger partial charge in [0.25, 0.3) is 0 Å². The van der Waals surface area contributed by atoms with E-state index in [1.165, 1.54) is 18.2 Å². The summed E-state index contributed by atoms with van der Waals surface area (Å²) in [5.41, 5.74) is 1.72. The average molecular weight is 303 g/mol. The minimum Gasteiger partial charge on any atom is -0.355 e. The maximum Gasteiger partial charge on any atom is 0.228 e. The van der Waals surface area contributed by atoms with Crippen LogP contribution in [0, 0.1) is 5.82 Å². The summed E-state index contributed by atoms with van der Waals surface area (Å²) in [7, 11) is 0. The van der Waals surface area contributed by atoms with Crippen LogP contribution in [0.3, 0.4) is 0 Å². The summed E-state index contributed by atoms with van der Waals surface area (Å²) in [4.78, 5) is 24.0. The number of amides is 2. The number of H-pyrrole nitrogens is 1. The van der Waals surface area contributed by atoms with E-state index in [0.717, 1.165) is 5.69 Å².